The molecule has 3 heteroatoms. The SMILES string of the molecule is CCCCCCCCOC1=CC(O)C(=O)c2ccccc21. The summed E-state index contributed by atoms with van der Waals surface area (Å²) < 4.78 is 5.78. The Morgan fingerprint density at radius 1 is 1.05 bits per heavy atom. The van der Waals surface area contributed by atoms with Gasteiger partial charge in [-0.05, 0) is 12.5 Å². The van der Waals surface area contributed by atoms with Gasteiger partial charge >= 0.3 is 0 Å². The molecule has 3 nitrogen and oxygen atoms in total. The average molecular weight is 288 g/mol. The molecule has 1 atom stereocenters. The molecule has 0 fully saturated rings. The average Bonchev–Trinajstić information content (AvgIpc) is 2.51. The van der Waals surface area contributed by atoms with E-state index in [9.17, 15) is 9.90 Å². The van der Waals surface area contributed by atoms with Crippen molar-refractivity contribution in [2.45, 2.75) is 51.6 Å². The molecule has 114 valence electrons. The van der Waals surface area contributed by atoms with Crippen molar-refractivity contribution in [2.75, 3.05) is 6.61 Å². The summed E-state index contributed by atoms with van der Waals surface area (Å²) in [5.41, 5.74) is 1.34. The quantitative estimate of drug-likeness (QED) is 0.736. The summed E-state index contributed by atoms with van der Waals surface area (Å²) in [7, 11) is 0. The maximum Gasteiger partial charge on any atom is 0.196 e. The van der Waals surface area contributed by atoms with E-state index >= 15 is 0 Å². The highest BCUT2D eigenvalue weighted by molar-refractivity contribution is 6.07. The van der Waals surface area contributed by atoms with Crippen LogP contribution in [0.1, 0.15) is 61.4 Å². The van der Waals surface area contributed by atoms with E-state index in [0.29, 0.717) is 17.9 Å². The third kappa shape index (κ3) is 4.18. The fraction of sp³-hybridized carbons (Fsp3) is 0.500. The van der Waals surface area contributed by atoms with Crippen LogP contribution in [0.5, 0.6) is 0 Å². The summed E-state index contributed by atoms with van der Waals surface area (Å²) in [6.45, 7) is 2.84. The number of aliphatic hydroxyl groups is 1. The Kier molecular flexibility index (Phi) is 6.00. The number of hydrogen-bond acceptors (Lipinski definition) is 3. The number of aliphatic hydroxyl groups excluding tert-OH is 1. The van der Waals surface area contributed by atoms with Crippen molar-refractivity contribution in [3.8, 4) is 0 Å². The van der Waals surface area contributed by atoms with Crippen LogP contribution in [0.3, 0.4) is 0 Å². The Morgan fingerprint density at radius 2 is 1.71 bits per heavy atom. The first-order valence-electron chi connectivity index (χ1n) is 7.90. The van der Waals surface area contributed by atoms with E-state index in [0.717, 1.165) is 18.4 Å². The molecule has 0 aliphatic heterocycles. The minimum Gasteiger partial charge on any atom is -0.493 e. The molecule has 0 heterocycles. The molecule has 0 amide bonds. The molecule has 0 aromatic heterocycles. The van der Waals surface area contributed by atoms with Gasteiger partial charge in [-0.3, -0.25) is 4.79 Å². The van der Waals surface area contributed by atoms with Gasteiger partial charge in [0.05, 0.1) is 6.61 Å². The van der Waals surface area contributed by atoms with Gasteiger partial charge in [0.2, 0.25) is 0 Å². The van der Waals surface area contributed by atoms with E-state index in [2.05, 4.69) is 6.92 Å². The van der Waals surface area contributed by atoms with Crippen molar-refractivity contribution in [3.63, 3.8) is 0 Å². The number of carbonyl (C=O) groups excluding carboxylic acids is 1. The predicted octanol–water partition coefficient (Wildman–Crippen LogP) is 3.96. The predicted molar refractivity (Wildman–Crippen MR) is 84.1 cm³/mol. The Hall–Kier alpha value is -1.61. The molecule has 1 aliphatic carbocycles. The maximum absolute atomic E-state index is 11.9. The zero-order valence-corrected chi connectivity index (χ0v) is 12.7. The van der Waals surface area contributed by atoms with Gasteiger partial charge in [0.15, 0.2) is 5.78 Å². The molecular weight excluding hydrogens is 264 g/mol. The van der Waals surface area contributed by atoms with Gasteiger partial charge in [-0.15, -0.1) is 0 Å². The smallest absolute Gasteiger partial charge is 0.196 e. The van der Waals surface area contributed by atoms with Crippen molar-refractivity contribution in [1.29, 1.82) is 0 Å². The van der Waals surface area contributed by atoms with E-state index in [4.69, 9.17) is 4.74 Å². The number of ketones is 1. The lowest BCUT2D eigenvalue weighted by atomic mass is 9.93. The molecule has 0 radical (unpaired) electrons. The molecular formula is C18H24O3. The number of Topliss-reactive ketones (excluding diaryl/α,β-unsaturated/α-hetero) is 1. The van der Waals surface area contributed by atoms with E-state index < -0.39 is 6.10 Å². The minimum atomic E-state index is -1.08. The maximum atomic E-state index is 11.9. The lowest BCUT2D eigenvalue weighted by Crippen LogP contribution is -2.24. The molecule has 1 unspecified atom stereocenters. The molecule has 1 aliphatic rings. The summed E-state index contributed by atoms with van der Waals surface area (Å²) in [6.07, 6.45) is 7.69. The van der Waals surface area contributed by atoms with Gasteiger partial charge < -0.3 is 9.84 Å². The highest BCUT2D eigenvalue weighted by Gasteiger charge is 2.26. The topological polar surface area (TPSA) is 46.5 Å². The number of carbonyl (C=O) groups is 1. The van der Waals surface area contributed by atoms with Gasteiger partial charge in [-0.25, -0.2) is 0 Å². The van der Waals surface area contributed by atoms with Crippen LogP contribution >= 0.6 is 0 Å². The van der Waals surface area contributed by atoms with Crippen LogP contribution in [0.2, 0.25) is 0 Å². The van der Waals surface area contributed by atoms with E-state index in [1.165, 1.54) is 31.8 Å². The van der Waals surface area contributed by atoms with Crippen LogP contribution in [0.15, 0.2) is 30.3 Å². The van der Waals surface area contributed by atoms with E-state index in [1.807, 2.05) is 12.1 Å². The largest absolute Gasteiger partial charge is 0.493 e. The highest BCUT2D eigenvalue weighted by atomic mass is 16.5. The molecule has 2 rings (SSSR count). The molecule has 1 N–H and O–H groups in total. The molecule has 1 aromatic rings. The summed E-state index contributed by atoms with van der Waals surface area (Å²) in [4.78, 5) is 11.9. The zero-order chi connectivity index (χ0) is 15.1. The van der Waals surface area contributed by atoms with Gasteiger partial charge in [0, 0.05) is 11.1 Å². The number of benzene rings is 1. The van der Waals surface area contributed by atoms with E-state index in [1.54, 1.807) is 12.1 Å². The van der Waals surface area contributed by atoms with Gasteiger partial charge in [-0.1, -0.05) is 63.3 Å². The van der Waals surface area contributed by atoms with Crippen LogP contribution in [-0.2, 0) is 4.74 Å². The second-order valence-electron chi connectivity index (χ2n) is 5.50. The summed E-state index contributed by atoms with van der Waals surface area (Å²) in [5, 5.41) is 9.79. The molecule has 0 bridgehead atoms. The second-order valence-corrected chi connectivity index (χ2v) is 5.50. The second kappa shape index (κ2) is 7.99. The summed E-state index contributed by atoms with van der Waals surface area (Å²) >= 11 is 0. The number of rotatable bonds is 8. The van der Waals surface area contributed by atoms with Crippen LogP contribution < -0.4 is 0 Å². The molecule has 0 spiro atoms. The van der Waals surface area contributed by atoms with Crippen LogP contribution in [0.4, 0.5) is 0 Å². The van der Waals surface area contributed by atoms with Crippen molar-refractivity contribution < 1.29 is 14.6 Å². The molecule has 1 aromatic carbocycles. The summed E-state index contributed by atoms with van der Waals surface area (Å²) in [6, 6.07) is 7.29. The Balaban J connectivity index is 1.86. The van der Waals surface area contributed by atoms with Crippen molar-refractivity contribution in [1.82, 2.24) is 0 Å². The zero-order valence-electron chi connectivity index (χ0n) is 12.7. The summed E-state index contributed by atoms with van der Waals surface area (Å²) in [5.74, 6) is 0.378. The van der Waals surface area contributed by atoms with Crippen LogP contribution in [0.25, 0.3) is 5.76 Å². The monoisotopic (exact) mass is 288 g/mol. The third-order valence-corrected chi connectivity index (χ3v) is 3.79. The molecule has 21 heavy (non-hydrogen) atoms. The van der Waals surface area contributed by atoms with Crippen molar-refractivity contribution >= 4 is 11.5 Å². The standard InChI is InChI=1S/C18H24O3/c1-2-3-4-5-6-9-12-21-17-13-16(19)18(20)15-11-8-7-10-14(15)17/h7-8,10-11,13,16,19H,2-6,9,12H2,1H3. The molecule has 0 saturated heterocycles. The number of fused-ring (bicyclic) bond motifs is 1. The third-order valence-electron chi connectivity index (χ3n) is 3.79. The Morgan fingerprint density at radius 3 is 2.48 bits per heavy atom. The number of ether oxygens (including phenoxy) is 1. The normalized spacial score (nSPS) is 17.3. The van der Waals surface area contributed by atoms with Crippen molar-refractivity contribution in [3.05, 3.63) is 41.5 Å². The number of hydrogen-bond donors (Lipinski definition) is 1. The van der Waals surface area contributed by atoms with Crippen molar-refractivity contribution in [2.24, 2.45) is 0 Å². The fourth-order valence-electron chi connectivity index (χ4n) is 2.57. The molecule has 0 saturated carbocycles. The van der Waals surface area contributed by atoms with Gasteiger partial charge in [0.1, 0.15) is 11.9 Å². The Bertz CT molecular complexity index is 505. The van der Waals surface area contributed by atoms with Crippen LogP contribution in [0, 0.1) is 0 Å². The van der Waals surface area contributed by atoms with E-state index in [-0.39, 0.29) is 5.78 Å². The van der Waals surface area contributed by atoms with Crippen LogP contribution in [-0.4, -0.2) is 23.6 Å². The van der Waals surface area contributed by atoms with Gasteiger partial charge in [-0.2, -0.15) is 0 Å². The highest BCUT2D eigenvalue weighted by Crippen LogP contribution is 2.27. The number of unbranched alkanes of at least 4 members (excludes halogenated alkanes) is 5. The minimum absolute atomic E-state index is 0.252. The fourth-order valence-corrected chi connectivity index (χ4v) is 2.57. The first-order valence-corrected chi connectivity index (χ1v) is 7.90. The first-order chi connectivity index (χ1) is 10.2. The first kappa shape index (κ1) is 15.8. The lowest BCUT2D eigenvalue weighted by molar-refractivity contribution is 0.0810. The van der Waals surface area contributed by atoms with Gasteiger partial charge in [0.25, 0.3) is 0 Å². The lowest BCUT2D eigenvalue weighted by Gasteiger charge is -2.20. The Labute approximate surface area is 126 Å².